The summed E-state index contributed by atoms with van der Waals surface area (Å²) in [6.45, 7) is 1.33. The summed E-state index contributed by atoms with van der Waals surface area (Å²) >= 11 is 2.45. The van der Waals surface area contributed by atoms with E-state index in [-0.39, 0.29) is 41.0 Å². The molecule has 0 aliphatic heterocycles. The van der Waals surface area contributed by atoms with E-state index in [0.717, 1.165) is 16.9 Å². The number of aliphatic hydroxyl groups excluding tert-OH is 2. The second-order valence-corrected chi connectivity index (χ2v) is 7.42. The fourth-order valence-electron chi connectivity index (χ4n) is 2.21. The number of aliphatic hydroxyl groups is 2. The van der Waals surface area contributed by atoms with Gasteiger partial charge < -0.3 is 15.5 Å². The molecule has 0 bridgehead atoms. The summed E-state index contributed by atoms with van der Waals surface area (Å²) in [6.07, 6.45) is -0.772. The van der Waals surface area contributed by atoms with Crippen molar-refractivity contribution in [3.8, 4) is 0 Å². The van der Waals surface area contributed by atoms with E-state index in [1.54, 1.807) is 6.92 Å². The Morgan fingerprint density at radius 2 is 2.04 bits per heavy atom. The number of aromatic amines is 1. The average Bonchev–Trinajstić information content (AvgIpc) is 2.98. The predicted molar refractivity (Wildman–Crippen MR) is 107 cm³/mol. The van der Waals surface area contributed by atoms with E-state index in [9.17, 15) is 15.0 Å². The van der Waals surface area contributed by atoms with Gasteiger partial charge in [-0.2, -0.15) is 0 Å². The van der Waals surface area contributed by atoms with Crippen LogP contribution >= 0.6 is 23.1 Å². The molecular formula is C16H19N4NaO3S2. The zero-order valence-electron chi connectivity index (χ0n) is 13.5. The van der Waals surface area contributed by atoms with E-state index in [1.807, 2.05) is 30.3 Å². The molecule has 0 spiro atoms. The van der Waals surface area contributed by atoms with E-state index < -0.39 is 12.1 Å². The predicted octanol–water partition coefficient (Wildman–Crippen LogP) is 1.18. The Kier molecular flexibility index (Phi) is 8.08. The molecular weight excluding hydrogens is 383 g/mol. The number of nitrogens with one attached hydrogen (secondary N) is 2. The minimum absolute atomic E-state index is 0. The molecule has 2 atom stereocenters. The van der Waals surface area contributed by atoms with Gasteiger partial charge in [-0.25, -0.2) is 9.97 Å². The molecule has 3 aromatic rings. The van der Waals surface area contributed by atoms with Crippen LogP contribution in [0.15, 0.2) is 40.3 Å². The van der Waals surface area contributed by atoms with Gasteiger partial charge in [-0.1, -0.05) is 53.4 Å². The Balaban J connectivity index is 0.00000243. The van der Waals surface area contributed by atoms with Crippen molar-refractivity contribution in [1.82, 2.24) is 15.0 Å². The van der Waals surface area contributed by atoms with Crippen molar-refractivity contribution in [2.24, 2.45) is 0 Å². The Bertz CT molecular complexity index is 901. The number of fused-ring (bicyclic) bond motifs is 1. The third kappa shape index (κ3) is 5.29. The maximum atomic E-state index is 11.7. The van der Waals surface area contributed by atoms with Crippen LogP contribution in [0, 0.1) is 0 Å². The second-order valence-electron chi connectivity index (χ2n) is 5.50. The number of hydrogen-bond acceptors (Lipinski definition) is 8. The van der Waals surface area contributed by atoms with Crippen LogP contribution in [0.4, 0.5) is 5.82 Å². The van der Waals surface area contributed by atoms with Gasteiger partial charge in [0.25, 0.3) is 0 Å². The Morgan fingerprint density at radius 3 is 2.69 bits per heavy atom. The van der Waals surface area contributed by atoms with Crippen LogP contribution < -0.4 is 10.2 Å². The molecule has 0 aliphatic carbocycles. The van der Waals surface area contributed by atoms with Gasteiger partial charge in [-0.15, -0.1) is 0 Å². The number of rotatable bonds is 7. The van der Waals surface area contributed by atoms with Gasteiger partial charge in [-0.05, 0) is 12.5 Å². The maximum absolute atomic E-state index is 11.7. The molecule has 2 unspecified atom stereocenters. The standard InChI is InChI=1S/C16H18N4O3S2.Na.H/c1-9(22)11(7-21)17-13-12-14(20-16(23)25-12)19-15(18-13)24-8-10-5-3-2-4-6-10;;/h2-6,9,11,21-22H,7-8H2,1H3,(H2,17,18,19,20,23);;. The van der Waals surface area contributed by atoms with Crippen molar-refractivity contribution in [3.63, 3.8) is 0 Å². The van der Waals surface area contributed by atoms with Crippen LogP contribution in [-0.2, 0) is 5.75 Å². The van der Waals surface area contributed by atoms with Gasteiger partial charge in [0, 0.05) is 5.75 Å². The topological polar surface area (TPSA) is 111 Å². The number of thioether (sulfide) groups is 1. The molecule has 134 valence electrons. The summed E-state index contributed by atoms with van der Waals surface area (Å²) in [5.41, 5.74) is 1.59. The molecule has 0 saturated heterocycles. The Morgan fingerprint density at radius 1 is 1.31 bits per heavy atom. The first-order valence-electron chi connectivity index (χ1n) is 7.70. The van der Waals surface area contributed by atoms with Gasteiger partial charge in [0.05, 0.1) is 18.8 Å². The zero-order chi connectivity index (χ0) is 17.8. The number of H-pyrrole nitrogens is 1. The van der Waals surface area contributed by atoms with E-state index in [1.165, 1.54) is 11.8 Å². The molecule has 10 heteroatoms. The van der Waals surface area contributed by atoms with Crippen LogP contribution in [0.25, 0.3) is 10.3 Å². The summed E-state index contributed by atoms with van der Waals surface area (Å²) in [7, 11) is 0. The second kappa shape index (κ2) is 9.84. The molecule has 7 nitrogen and oxygen atoms in total. The normalized spacial score (nSPS) is 13.2. The van der Waals surface area contributed by atoms with Crippen LogP contribution in [0.3, 0.4) is 0 Å². The van der Waals surface area contributed by atoms with Crippen LogP contribution in [-0.4, -0.2) is 73.5 Å². The fraction of sp³-hybridized carbons (Fsp3) is 0.312. The van der Waals surface area contributed by atoms with Gasteiger partial charge in [0.15, 0.2) is 16.6 Å². The number of benzene rings is 1. The first-order chi connectivity index (χ1) is 12.1. The quantitative estimate of drug-likeness (QED) is 0.267. The molecule has 0 amide bonds. The van der Waals surface area contributed by atoms with Gasteiger partial charge >= 0.3 is 34.4 Å². The fourth-order valence-corrected chi connectivity index (χ4v) is 3.73. The molecule has 0 radical (unpaired) electrons. The van der Waals surface area contributed by atoms with Crippen molar-refractivity contribution in [2.45, 2.75) is 30.0 Å². The monoisotopic (exact) mass is 402 g/mol. The Hall–Kier alpha value is -0.940. The van der Waals surface area contributed by atoms with Gasteiger partial charge in [0.2, 0.25) is 0 Å². The molecule has 2 aromatic heterocycles. The molecule has 3 rings (SSSR count). The summed E-state index contributed by atoms with van der Waals surface area (Å²) in [5, 5.41) is 22.7. The first kappa shape index (κ1) is 21.4. The number of nitrogens with zero attached hydrogens (tertiary/aromatic N) is 2. The molecule has 0 saturated carbocycles. The molecule has 1 aromatic carbocycles. The van der Waals surface area contributed by atoms with Crippen LogP contribution in [0.5, 0.6) is 0 Å². The van der Waals surface area contributed by atoms with Gasteiger partial charge in [-0.3, -0.25) is 9.78 Å². The third-order valence-electron chi connectivity index (χ3n) is 3.57. The van der Waals surface area contributed by atoms with E-state index in [0.29, 0.717) is 27.1 Å². The SMILES string of the molecule is CC(O)C(CO)Nc1nc(SCc2ccccc2)nc2[nH]c(=O)sc12.[NaH]. The van der Waals surface area contributed by atoms with Crippen LogP contribution in [0.2, 0.25) is 0 Å². The van der Waals surface area contributed by atoms with Crippen LogP contribution in [0.1, 0.15) is 12.5 Å². The third-order valence-corrected chi connectivity index (χ3v) is 5.37. The summed E-state index contributed by atoms with van der Waals surface area (Å²) < 4.78 is 0.577. The molecule has 26 heavy (non-hydrogen) atoms. The van der Waals surface area contributed by atoms with Gasteiger partial charge in [0.1, 0.15) is 4.70 Å². The molecule has 4 N–H and O–H groups in total. The molecule has 0 fully saturated rings. The number of anilines is 1. The molecule has 2 heterocycles. The van der Waals surface area contributed by atoms with Crippen molar-refractivity contribution in [2.75, 3.05) is 11.9 Å². The van der Waals surface area contributed by atoms with E-state index >= 15 is 0 Å². The summed E-state index contributed by atoms with van der Waals surface area (Å²) in [5.74, 6) is 1.13. The van der Waals surface area contributed by atoms with Crippen molar-refractivity contribution in [1.29, 1.82) is 0 Å². The van der Waals surface area contributed by atoms with E-state index in [2.05, 4.69) is 20.3 Å². The van der Waals surface area contributed by atoms with Crippen molar-refractivity contribution in [3.05, 3.63) is 45.6 Å². The number of aromatic nitrogens is 3. The van der Waals surface area contributed by atoms with E-state index in [4.69, 9.17) is 0 Å². The summed E-state index contributed by atoms with van der Waals surface area (Å²) in [6, 6.07) is 9.36. The first-order valence-corrected chi connectivity index (χ1v) is 9.50. The van der Waals surface area contributed by atoms with Crippen molar-refractivity contribution < 1.29 is 10.2 Å². The van der Waals surface area contributed by atoms with Crippen molar-refractivity contribution >= 4 is 68.8 Å². The Labute approximate surface area is 180 Å². The molecule has 0 aliphatic rings. The average molecular weight is 402 g/mol. The minimum atomic E-state index is -0.772. The number of hydrogen-bond donors (Lipinski definition) is 4. The zero-order valence-corrected chi connectivity index (χ0v) is 15.1. The summed E-state index contributed by atoms with van der Waals surface area (Å²) in [4.78, 5) is 23.0. The number of thiazole rings is 1.